The van der Waals surface area contributed by atoms with Crippen LogP contribution in [0.4, 0.5) is 5.69 Å². The zero-order chi connectivity index (χ0) is 17.5. The monoisotopic (exact) mass is 328 g/mol. The summed E-state index contributed by atoms with van der Waals surface area (Å²) in [5, 5.41) is 2.62. The molecule has 0 saturated carbocycles. The van der Waals surface area contributed by atoms with E-state index in [1.54, 1.807) is 30.3 Å². The van der Waals surface area contributed by atoms with Crippen LogP contribution in [0.5, 0.6) is 5.75 Å². The average Bonchev–Trinajstić information content (AvgIpc) is 2.60. The van der Waals surface area contributed by atoms with E-state index < -0.39 is 11.9 Å². The molecule has 0 aliphatic carbocycles. The van der Waals surface area contributed by atoms with Crippen LogP contribution in [0.15, 0.2) is 48.5 Å². The molecule has 7 heteroatoms. The molecule has 0 heterocycles. The van der Waals surface area contributed by atoms with Gasteiger partial charge >= 0.3 is 5.97 Å². The number of nitrogens with two attached hydrogens (primary N) is 1. The van der Waals surface area contributed by atoms with Gasteiger partial charge < -0.3 is 20.5 Å². The van der Waals surface area contributed by atoms with Crippen LogP contribution in [0.1, 0.15) is 20.7 Å². The van der Waals surface area contributed by atoms with Gasteiger partial charge in [-0.25, -0.2) is 4.79 Å². The van der Waals surface area contributed by atoms with Crippen molar-refractivity contribution >= 4 is 23.5 Å². The fraction of sp³-hybridized carbons (Fsp3) is 0.118. The van der Waals surface area contributed by atoms with Gasteiger partial charge in [0.2, 0.25) is 5.91 Å². The zero-order valence-corrected chi connectivity index (χ0v) is 12.9. The maximum absolute atomic E-state index is 11.9. The number of benzene rings is 2. The second-order valence-electron chi connectivity index (χ2n) is 4.80. The van der Waals surface area contributed by atoms with E-state index in [2.05, 4.69) is 10.1 Å². The Morgan fingerprint density at radius 2 is 1.75 bits per heavy atom. The molecule has 0 aliphatic heterocycles. The van der Waals surface area contributed by atoms with Crippen molar-refractivity contribution in [2.45, 2.75) is 0 Å². The van der Waals surface area contributed by atoms with Crippen LogP contribution in [0.3, 0.4) is 0 Å². The highest BCUT2D eigenvalue weighted by Gasteiger charge is 2.08. The number of primary amides is 1. The molecule has 2 rings (SSSR count). The van der Waals surface area contributed by atoms with Crippen molar-refractivity contribution in [1.29, 1.82) is 0 Å². The zero-order valence-electron chi connectivity index (χ0n) is 12.9. The lowest BCUT2D eigenvalue weighted by Gasteiger charge is -2.08. The summed E-state index contributed by atoms with van der Waals surface area (Å²) in [5.41, 5.74) is 6.33. The maximum atomic E-state index is 11.9. The third kappa shape index (κ3) is 4.57. The summed E-state index contributed by atoms with van der Waals surface area (Å²) in [6.45, 7) is -0.234. The topological polar surface area (TPSA) is 108 Å². The molecule has 124 valence electrons. The minimum absolute atomic E-state index is 0.234. The largest absolute Gasteiger partial charge is 0.484 e. The summed E-state index contributed by atoms with van der Waals surface area (Å²) in [7, 11) is 1.28. The van der Waals surface area contributed by atoms with Gasteiger partial charge in [-0.05, 0) is 42.5 Å². The molecule has 0 spiro atoms. The fourth-order valence-electron chi connectivity index (χ4n) is 1.89. The Kier molecular flexibility index (Phi) is 5.51. The molecule has 7 nitrogen and oxygen atoms in total. The minimum Gasteiger partial charge on any atom is -0.484 e. The lowest BCUT2D eigenvalue weighted by molar-refractivity contribution is -0.118. The number of carbonyl (C=O) groups is 3. The second-order valence-corrected chi connectivity index (χ2v) is 4.80. The Bertz CT molecular complexity index is 756. The molecule has 3 N–H and O–H groups in total. The highest BCUT2D eigenvalue weighted by Crippen LogP contribution is 2.14. The van der Waals surface area contributed by atoms with Gasteiger partial charge in [0.25, 0.3) is 5.91 Å². The summed E-state index contributed by atoms with van der Waals surface area (Å²) >= 11 is 0. The first-order valence-electron chi connectivity index (χ1n) is 7.00. The molecule has 0 atom stereocenters. The first kappa shape index (κ1) is 17.0. The van der Waals surface area contributed by atoms with Crippen LogP contribution >= 0.6 is 0 Å². The van der Waals surface area contributed by atoms with Gasteiger partial charge in [0.1, 0.15) is 5.75 Å². The molecule has 0 fully saturated rings. The molecule has 0 aromatic heterocycles. The number of amides is 2. The van der Waals surface area contributed by atoms with Gasteiger partial charge in [0.05, 0.1) is 12.7 Å². The van der Waals surface area contributed by atoms with Crippen molar-refractivity contribution < 1.29 is 23.9 Å². The number of ether oxygens (including phenoxy) is 2. The Morgan fingerprint density at radius 3 is 2.38 bits per heavy atom. The van der Waals surface area contributed by atoms with E-state index in [1.807, 2.05) is 0 Å². The highest BCUT2D eigenvalue weighted by molar-refractivity contribution is 5.95. The van der Waals surface area contributed by atoms with E-state index in [9.17, 15) is 14.4 Å². The molecule has 0 unspecified atom stereocenters. The van der Waals surface area contributed by atoms with Crippen LogP contribution in [-0.2, 0) is 9.53 Å². The Morgan fingerprint density at radius 1 is 1.04 bits per heavy atom. The molecular weight excluding hydrogens is 312 g/mol. The highest BCUT2D eigenvalue weighted by atomic mass is 16.5. The number of nitrogens with one attached hydrogen (secondary N) is 1. The van der Waals surface area contributed by atoms with Crippen molar-refractivity contribution in [2.75, 3.05) is 19.0 Å². The summed E-state index contributed by atoms with van der Waals surface area (Å²) in [4.78, 5) is 34.3. The van der Waals surface area contributed by atoms with E-state index >= 15 is 0 Å². The number of esters is 1. The quantitative estimate of drug-likeness (QED) is 0.783. The van der Waals surface area contributed by atoms with Gasteiger partial charge in [-0.3, -0.25) is 9.59 Å². The smallest absolute Gasteiger partial charge is 0.337 e. The van der Waals surface area contributed by atoms with Gasteiger partial charge in [-0.15, -0.1) is 0 Å². The Hall–Kier alpha value is -3.35. The number of hydrogen-bond donors (Lipinski definition) is 2. The standard InChI is InChI=1S/C17H16N2O5/c1-23-17(22)12-3-2-4-14(9-12)24-10-15(20)19-13-7-5-11(6-8-13)16(18)21/h2-9H,10H2,1H3,(H2,18,21)(H,19,20). The molecule has 0 aliphatic rings. The molecular formula is C17H16N2O5. The van der Waals surface area contributed by atoms with Crippen LogP contribution < -0.4 is 15.8 Å². The molecule has 24 heavy (non-hydrogen) atoms. The van der Waals surface area contributed by atoms with Crippen LogP contribution in [0, 0.1) is 0 Å². The third-order valence-corrected chi connectivity index (χ3v) is 3.08. The van der Waals surface area contributed by atoms with Gasteiger partial charge in [-0.1, -0.05) is 6.07 Å². The number of anilines is 1. The predicted octanol–water partition coefficient (Wildman–Crippen LogP) is 1.59. The van der Waals surface area contributed by atoms with Crippen LogP contribution in [0.2, 0.25) is 0 Å². The van der Waals surface area contributed by atoms with Crippen LogP contribution in [0.25, 0.3) is 0 Å². The second kappa shape index (κ2) is 7.77. The van der Waals surface area contributed by atoms with Crippen molar-refractivity contribution in [2.24, 2.45) is 5.73 Å². The fourth-order valence-corrected chi connectivity index (χ4v) is 1.89. The minimum atomic E-state index is -0.540. The van der Waals surface area contributed by atoms with Gasteiger partial charge in [0, 0.05) is 11.3 Å². The number of hydrogen-bond acceptors (Lipinski definition) is 5. The SMILES string of the molecule is COC(=O)c1cccc(OCC(=O)Nc2ccc(C(N)=O)cc2)c1. The van der Waals surface area contributed by atoms with E-state index in [4.69, 9.17) is 10.5 Å². The molecule has 0 radical (unpaired) electrons. The number of carbonyl (C=O) groups excluding carboxylic acids is 3. The summed E-state index contributed by atoms with van der Waals surface area (Å²) < 4.78 is 9.96. The van der Waals surface area contributed by atoms with Gasteiger partial charge in [-0.2, -0.15) is 0 Å². The lowest BCUT2D eigenvalue weighted by atomic mass is 10.2. The Balaban J connectivity index is 1.91. The summed E-state index contributed by atoms with van der Waals surface area (Å²) in [5.74, 6) is -1.04. The first-order valence-corrected chi connectivity index (χ1v) is 7.00. The molecule has 2 amide bonds. The van der Waals surface area contributed by atoms with Crippen molar-refractivity contribution in [3.8, 4) is 5.75 Å². The predicted molar refractivity (Wildman–Crippen MR) is 86.9 cm³/mol. The Labute approximate surface area is 138 Å². The average molecular weight is 328 g/mol. The summed E-state index contributed by atoms with van der Waals surface area (Å²) in [6, 6.07) is 12.5. The van der Waals surface area contributed by atoms with E-state index in [0.29, 0.717) is 22.6 Å². The van der Waals surface area contributed by atoms with E-state index in [0.717, 1.165) is 0 Å². The molecule has 0 bridgehead atoms. The van der Waals surface area contributed by atoms with Crippen molar-refractivity contribution in [3.05, 3.63) is 59.7 Å². The normalized spacial score (nSPS) is 9.88. The number of methoxy groups -OCH3 is 1. The lowest BCUT2D eigenvalue weighted by Crippen LogP contribution is -2.20. The van der Waals surface area contributed by atoms with E-state index in [1.165, 1.54) is 25.3 Å². The van der Waals surface area contributed by atoms with Crippen LogP contribution in [-0.4, -0.2) is 31.5 Å². The van der Waals surface area contributed by atoms with E-state index in [-0.39, 0.29) is 12.5 Å². The number of rotatable bonds is 6. The molecule has 2 aromatic carbocycles. The molecule has 0 saturated heterocycles. The summed E-state index contributed by atoms with van der Waals surface area (Å²) in [6.07, 6.45) is 0. The van der Waals surface area contributed by atoms with Gasteiger partial charge in [0.15, 0.2) is 6.61 Å². The molecule has 2 aromatic rings. The van der Waals surface area contributed by atoms with Crippen molar-refractivity contribution in [1.82, 2.24) is 0 Å². The van der Waals surface area contributed by atoms with Crippen molar-refractivity contribution in [3.63, 3.8) is 0 Å². The first-order chi connectivity index (χ1) is 11.5. The third-order valence-electron chi connectivity index (χ3n) is 3.08. The maximum Gasteiger partial charge on any atom is 0.337 e.